The van der Waals surface area contributed by atoms with Crippen LogP contribution >= 0.6 is 0 Å². The van der Waals surface area contributed by atoms with E-state index in [4.69, 9.17) is 0 Å². The van der Waals surface area contributed by atoms with Crippen LogP contribution in [0, 0.1) is 13.8 Å². The van der Waals surface area contributed by atoms with Crippen molar-refractivity contribution in [2.75, 3.05) is 6.54 Å². The van der Waals surface area contributed by atoms with Gasteiger partial charge in [0.25, 0.3) is 5.78 Å². The van der Waals surface area contributed by atoms with Gasteiger partial charge in [-0.15, -0.1) is 0 Å². The topological polar surface area (TPSA) is 63.4 Å². The molecule has 124 valence electrons. The summed E-state index contributed by atoms with van der Waals surface area (Å²) in [6.45, 7) is 7.09. The number of likely N-dealkylation sites (tertiary alicyclic amines) is 1. The third-order valence-corrected chi connectivity index (χ3v) is 5.00. The number of fused-ring (bicyclic) bond motifs is 1. The lowest BCUT2D eigenvalue weighted by atomic mass is 9.98. The van der Waals surface area contributed by atoms with Crippen molar-refractivity contribution in [3.63, 3.8) is 0 Å². The highest BCUT2D eigenvalue weighted by Gasteiger charge is 2.25. The lowest BCUT2D eigenvalue weighted by Gasteiger charge is -2.35. The van der Waals surface area contributed by atoms with Gasteiger partial charge in [-0.3, -0.25) is 4.79 Å². The Hall–Kier alpha value is -1.98. The monoisotopic (exact) mass is 315 g/mol. The number of carbonyl (C=O) groups excluding carboxylic acids is 1. The second-order valence-electron chi connectivity index (χ2n) is 6.38. The maximum absolute atomic E-state index is 12.6. The molecule has 0 saturated carbocycles. The van der Waals surface area contributed by atoms with E-state index in [0.717, 1.165) is 42.8 Å². The average Bonchev–Trinajstić information content (AvgIpc) is 3.02. The average molecular weight is 315 g/mol. The number of amides is 1. The van der Waals surface area contributed by atoms with Crippen LogP contribution in [0.3, 0.4) is 0 Å². The zero-order valence-electron chi connectivity index (χ0n) is 14.2. The summed E-state index contributed by atoms with van der Waals surface area (Å²) < 4.78 is 1.75. The van der Waals surface area contributed by atoms with E-state index in [9.17, 15) is 4.79 Å². The van der Waals surface area contributed by atoms with Gasteiger partial charge < -0.3 is 4.90 Å². The van der Waals surface area contributed by atoms with E-state index in [1.807, 2.05) is 13.8 Å². The van der Waals surface area contributed by atoms with Crippen LogP contribution in [-0.2, 0) is 11.2 Å². The molecule has 0 aliphatic carbocycles. The molecule has 0 N–H and O–H groups in total. The molecule has 1 atom stereocenters. The number of aromatic nitrogens is 4. The Balaban J connectivity index is 1.74. The molecule has 1 aliphatic heterocycles. The molecule has 23 heavy (non-hydrogen) atoms. The highest BCUT2D eigenvalue weighted by atomic mass is 16.2. The molecule has 3 rings (SSSR count). The minimum atomic E-state index is 0.272. The summed E-state index contributed by atoms with van der Waals surface area (Å²) in [6.07, 6.45) is 7.35. The molecule has 1 saturated heterocycles. The van der Waals surface area contributed by atoms with E-state index < -0.39 is 0 Å². The van der Waals surface area contributed by atoms with Crippen LogP contribution in [-0.4, -0.2) is 43.0 Å². The minimum absolute atomic E-state index is 0.272. The van der Waals surface area contributed by atoms with Gasteiger partial charge in [0.15, 0.2) is 0 Å². The van der Waals surface area contributed by atoms with Crippen LogP contribution in [0.2, 0.25) is 0 Å². The first-order valence-corrected chi connectivity index (χ1v) is 8.57. The molecule has 6 nitrogen and oxygen atoms in total. The van der Waals surface area contributed by atoms with Crippen molar-refractivity contribution in [3.8, 4) is 0 Å². The second kappa shape index (κ2) is 6.64. The van der Waals surface area contributed by atoms with Gasteiger partial charge >= 0.3 is 0 Å². The van der Waals surface area contributed by atoms with Crippen LogP contribution in [0.15, 0.2) is 6.33 Å². The molecule has 0 radical (unpaired) electrons. The van der Waals surface area contributed by atoms with Gasteiger partial charge in [-0.1, -0.05) is 6.92 Å². The Labute approximate surface area is 136 Å². The van der Waals surface area contributed by atoms with Gasteiger partial charge in [0.05, 0.1) is 0 Å². The summed E-state index contributed by atoms with van der Waals surface area (Å²) in [5.41, 5.74) is 3.09. The molecular formula is C17H25N5O. The Morgan fingerprint density at radius 2 is 2.17 bits per heavy atom. The van der Waals surface area contributed by atoms with E-state index in [2.05, 4.69) is 26.9 Å². The van der Waals surface area contributed by atoms with Crippen molar-refractivity contribution in [3.05, 3.63) is 23.3 Å². The van der Waals surface area contributed by atoms with E-state index in [1.54, 1.807) is 4.52 Å². The van der Waals surface area contributed by atoms with Crippen molar-refractivity contribution < 1.29 is 4.79 Å². The van der Waals surface area contributed by atoms with Gasteiger partial charge in [-0.05, 0) is 51.5 Å². The Kier molecular flexibility index (Phi) is 4.59. The molecule has 6 heteroatoms. The number of carbonyl (C=O) groups is 1. The Morgan fingerprint density at radius 3 is 2.96 bits per heavy atom. The van der Waals surface area contributed by atoms with Crippen molar-refractivity contribution in [1.29, 1.82) is 0 Å². The van der Waals surface area contributed by atoms with Gasteiger partial charge in [0.1, 0.15) is 6.33 Å². The van der Waals surface area contributed by atoms with Gasteiger partial charge in [-0.25, -0.2) is 9.50 Å². The summed E-state index contributed by atoms with van der Waals surface area (Å²) in [5, 5.41) is 4.21. The van der Waals surface area contributed by atoms with Gasteiger partial charge in [0.2, 0.25) is 5.91 Å². The summed E-state index contributed by atoms with van der Waals surface area (Å²) in [7, 11) is 0. The van der Waals surface area contributed by atoms with Gasteiger partial charge in [-0.2, -0.15) is 10.1 Å². The van der Waals surface area contributed by atoms with E-state index >= 15 is 0 Å². The first-order valence-electron chi connectivity index (χ1n) is 8.57. The molecule has 1 aliphatic rings. The smallest absolute Gasteiger partial charge is 0.252 e. The van der Waals surface area contributed by atoms with Crippen molar-refractivity contribution in [2.45, 2.75) is 65.3 Å². The van der Waals surface area contributed by atoms with Gasteiger partial charge in [0, 0.05) is 30.4 Å². The zero-order valence-corrected chi connectivity index (χ0v) is 14.2. The summed E-state index contributed by atoms with van der Waals surface area (Å²) in [4.78, 5) is 23.4. The summed E-state index contributed by atoms with van der Waals surface area (Å²) in [6, 6.07) is 0.425. The SMILES string of the molecule is CCC1CCCCN1C(=O)CCc1c(C)nc2ncnn2c1C. The lowest BCUT2D eigenvalue weighted by Crippen LogP contribution is -2.43. The number of hydrogen-bond donors (Lipinski definition) is 0. The predicted octanol–water partition coefficient (Wildman–Crippen LogP) is 2.46. The first-order chi connectivity index (χ1) is 11.1. The quantitative estimate of drug-likeness (QED) is 0.869. The maximum atomic E-state index is 12.6. The molecule has 1 unspecified atom stereocenters. The molecule has 0 aromatic carbocycles. The fraction of sp³-hybridized carbons (Fsp3) is 0.647. The van der Waals surface area contributed by atoms with Crippen LogP contribution in [0.25, 0.3) is 5.78 Å². The maximum Gasteiger partial charge on any atom is 0.252 e. The lowest BCUT2D eigenvalue weighted by molar-refractivity contribution is -0.134. The molecule has 2 aromatic rings. The number of hydrogen-bond acceptors (Lipinski definition) is 4. The molecule has 3 heterocycles. The largest absolute Gasteiger partial charge is 0.340 e. The molecular weight excluding hydrogens is 290 g/mol. The highest BCUT2D eigenvalue weighted by molar-refractivity contribution is 5.77. The standard InChI is InChI=1S/C17H25N5O/c1-4-14-7-5-6-10-21(14)16(23)9-8-15-12(2)20-17-18-11-19-22(17)13(15)3/h11,14H,4-10H2,1-3H3. The molecule has 0 bridgehead atoms. The van der Waals surface area contributed by atoms with Crippen LogP contribution in [0.4, 0.5) is 0 Å². The number of nitrogens with zero attached hydrogens (tertiary/aromatic N) is 5. The van der Waals surface area contributed by atoms with Crippen LogP contribution < -0.4 is 0 Å². The van der Waals surface area contributed by atoms with E-state index in [1.165, 1.54) is 12.7 Å². The van der Waals surface area contributed by atoms with Crippen LogP contribution in [0.1, 0.15) is 56.0 Å². The minimum Gasteiger partial charge on any atom is -0.340 e. The van der Waals surface area contributed by atoms with Crippen molar-refractivity contribution in [1.82, 2.24) is 24.5 Å². The van der Waals surface area contributed by atoms with Crippen molar-refractivity contribution >= 4 is 11.7 Å². The van der Waals surface area contributed by atoms with Crippen molar-refractivity contribution in [2.24, 2.45) is 0 Å². The number of piperidine rings is 1. The van der Waals surface area contributed by atoms with Crippen LogP contribution in [0.5, 0.6) is 0 Å². The second-order valence-corrected chi connectivity index (χ2v) is 6.38. The normalized spacial score (nSPS) is 18.6. The highest BCUT2D eigenvalue weighted by Crippen LogP contribution is 2.22. The van der Waals surface area contributed by atoms with E-state index in [-0.39, 0.29) is 5.91 Å². The third kappa shape index (κ3) is 3.07. The number of aryl methyl sites for hydroxylation is 2. The fourth-order valence-corrected chi connectivity index (χ4v) is 3.65. The summed E-state index contributed by atoms with van der Waals surface area (Å²) in [5.74, 6) is 0.895. The molecule has 0 spiro atoms. The van der Waals surface area contributed by atoms with E-state index in [0.29, 0.717) is 24.7 Å². The Morgan fingerprint density at radius 1 is 1.35 bits per heavy atom. The third-order valence-electron chi connectivity index (χ3n) is 5.00. The fourth-order valence-electron chi connectivity index (χ4n) is 3.65. The first kappa shape index (κ1) is 15.9. The number of rotatable bonds is 4. The molecule has 2 aromatic heterocycles. The molecule has 1 fully saturated rings. The predicted molar refractivity (Wildman–Crippen MR) is 88.2 cm³/mol. The zero-order chi connectivity index (χ0) is 16.4. The Bertz CT molecular complexity index is 708. The molecule has 1 amide bonds. The summed E-state index contributed by atoms with van der Waals surface area (Å²) >= 11 is 0.